The molecule has 4 rings (SSSR count). The summed E-state index contributed by atoms with van der Waals surface area (Å²) in [6, 6.07) is 10.4. The third-order valence-electron chi connectivity index (χ3n) is 4.20. The molecule has 0 unspecified atom stereocenters. The smallest absolute Gasteiger partial charge is 0.143 e. The van der Waals surface area contributed by atoms with Crippen LogP contribution in [0.4, 0.5) is 15.9 Å². The van der Waals surface area contributed by atoms with Gasteiger partial charge in [-0.2, -0.15) is 0 Å². The molecule has 0 bridgehead atoms. The topological polar surface area (TPSA) is 37.8 Å². The summed E-state index contributed by atoms with van der Waals surface area (Å²) in [5.41, 5.74) is 4.86. The highest BCUT2D eigenvalue weighted by atomic mass is 35.5. The molecule has 2 heterocycles. The molecule has 1 N–H and O–H groups in total. The van der Waals surface area contributed by atoms with Gasteiger partial charge in [0.05, 0.1) is 16.1 Å². The van der Waals surface area contributed by atoms with Crippen molar-refractivity contribution in [2.75, 3.05) is 5.32 Å². The highest BCUT2D eigenvalue weighted by molar-refractivity contribution is 7.17. The molecule has 26 heavy (non-hydrogen) atoms. The van der Waals surface area contributed by atoms with Crippen LogP contribution in [0.3, 0.4) is 0 Å². The van der Waals surface area contributed by atoms with Crippen LogP contribution in [-0.4, -0.2) is 9.97 Å². The number of hydrogen-bond acceptors (Lipinski definition) is 4. The number of thiophene rings is 1. The fourth-order valence-electron chi connectivity index (χ4n) is 3.00. The number of nitrogens with one attached hydrogen (secondary N) is 1. The van der Waals surface area contributed by atoms with E-state index in [4.69, 9.17) is 11.6 Å². The number of nitrogens with zero attached hydrogens (tertiary/aromatic N) is 2. The van der Waals surface area contributed by atoms with Crippen molar-refractivity contribution in [3.05, 3.63) is 70.1 Å². The molecule has 0 saturated heterocycles. The van der Waals surface area contributed by atoms with Crippen LogP contribution in [0.2, 0.25) is 5.02 Å². The molecule has 0 radical (unpaired) electrons. The zero-order valence-corrected chi connectivity index (χ0v) is 15.7. The van der Waals surface area contributed by atoms with Crippen LogP contribution in [0.15, 0.2) is 48.1 Å². The monoisotopic (exact) mass is 383 g/mol. The van der Waals surface area contributed by atoms with Crippen molar-refractivity contribution in [1.29, 1.82) is 0 Å². The van der Waals surface area contributed by atoms with Crippen LogP contribution < -0.4 is 5.32 Å². The average molecular weight is 384 g/mol. The Morgan fingerprint density at radius 2 is 1.85 bits per heavy atom. The second kappa shape index (κ2) is 6.67. The van der Waals surface area contributed by atoms with Crippen LogP contribution in [0.1, 0.15) is 11.1 Å². The van der Waals surface area contributed by atoms with Gasteiger partial charge in [-0.15, -0.1) is 11.3 Å². The van der Waals surface area contributed by atoms with Gasteiger partial charge in [0.1, 0.15) is 22.8 Å². The lowest BCUT2D eigenvalue weighted by Gasteiger charge is -2.13. The van der Waals surface area contributed by atoms with Gasteiger partial charge >= 0.3 is 0 Å². The van der Waals surface area contributed by atoms with Gasteiger partial charge in [-0.3, -0.25) is 0 Å². The number of rotatable bonds is 3. The second-order valence-electron chi connectivity index (χ2n) is 6.12. The molecule has 0 saturated carbocycles. The number of aromatic nitrogens is 2. The Labute approximate surface area is 159 Å². The summed E-state index contributed by atoms with van der Waals surface area (Å²) in [5.74, 6) is 0.425. The number of hydrogen-bond donors (Lipinski definition) is 1. The molecule has 2 aromatic heterocycles. The van der Waals surface area contributed by atoms with E-state index in [0.29, 0.717) is 10.8 Å². The normalized spacial score (nSPS) is 11.1. The Hall–Kier alpha value is -2.50. The third-order valence-corrected chi connectivity index (χ3v) is 5.39. The summed E-state index contributed by atoms with van der Waals surface area (Å²) >= 11 is 7.97. The highest BCUT2D eigenvalue weighted by Crippen LogP contribution is 2.39. The fourth-order valence-corrected chi connectivity index (χ4v) is 4.29. The zero-order chi connectivity index (χ0) is 18.3. The van der Waals surface area contributed by atoms with E-state index in [-0.39, 0.29) is 5.82 Å². The fraction of sp³-hybridized carbons (Fsp3) is 0.100. The molecule has 0 atom stereocenters. The van der Waals surface area contributed by atoms with Crippen LogP contribution in [0.5, 0.6) is 0 Å². The highest BCUT2D eigenvalue weighted by Gasteiger charge is 2.15. The summed E-state index contributed by atoms with van der Waals surface area (Å²) in [5, 5.41) is 6.93. The SMILES string of the molecule is Cc1cc(C)c(Nc2ncnc3scc(-c4ccc(F)cc4)c23)c(Cl)c1. The molecule has 4 aromatic rings. The maximum Gasteiger partial charge on any atom is 0.143 e. The Morgan fingerprint density at radius 3 is 2.58 bits per heavy atom. The third kappa shape index (κ3) is 3.04. The molecule has 0 aliphatic heterocycles. The maximum atomic E-state index is 13.3. The summed E-state index contributed by atoms with van der Waals surface area (Å²) in [4.78, 5) is 9.66. The van der Waals surface area contributed by atoms with Crippen LogP contribution in [0.25, 0.3) is 21.3 Å². The minimum absolute atomic E-state index is 0.259. The van der Waals surface area contributed by atoms with Gasteiger partial charge in [0.25, 0.3) is 0 Å². The number of benzene rings is 2. The molecular weight excluding hydrogens is 369 g/mol. The summed E-state index contributed by atoms with van der Waals surface area (Å²) < 4.78 is 13.3. The first-order chi connectivity index (χ1) is 12.5. The Bertz CT molecular complexity index is 1080. The molecule has 6 heteroatoms. The van der Waals surface area contributed by atoms with Crippen LogP contribution >= 0.6 is 22.9 Å². The van der Waals surface area contributed by atoms with Crippen molar-refractivity contribution in [3.63, 3.8) is 0 Å². The van der Waals surface area contributed by atoms with Crippen molar-refractivity contribution in [1.82, 2.24) is 9.97 Å². The van der Waals surface area contributed by atoms with Gasteiger partial charge in [0, 0.05) is 10.9 Å². The van der Waals surface area contributed by atoms with Crippen molar-refractivity contribution in [2.24, 2.45) is 0 Å². The van der Waals surface area contributed by atoms with Crippen molar-refractivity contribution >= 4 is 44.7 Å². The van der Waals surface area contributed by atoms with E-state index < -0.39 is 0 Å². The minimum Gasteiger partial charge on any atom is -0.338 e. The van der Waals surface area contributed by atoms with Gasteiger partial charge < -0.3 is 5.32 Å². The average Bonchev–Trinajstić information content (AvgIpc) is 3.03. The Balaban J connectivity index is 1.86. The number of halogens is 2. The molecule has 0 aliphatic rings. The van der Waals surface area contributed by atoms with E-state index >= 15 is 0 Å². The molecule has 3 nitrogen and oxygen atoms in total. The predicted octanol–water partition coefficient (Wildman–Crippen LogP) is 6.51. The van der Waals surface area contributed by atoms with Crippen molar-refractivity contribution in [3.8, 4) is 11.1 Å². The lowest BCUT2D eigenvalue weighted by Crippen LogP contribution is -1.99. The predicted molar refractivity (Wildman–Crippen MR) is 107 cm³/mol. The van der Waals surface area contributed by atoms with E-state index in [9.17, 15) is 4.39 Å². The van der Waals surface area contributed by atoms with E-state index in [1.165, 1.54) is 29.8 Å². The molecule has 0 aliphatic carbocycles. The number of fused-ring (bicyclic) bond motifs is 1. The minimum atomic E-state index is -0.259. The van der Waals surface area contributed by atoms with Crippen molar-refractivity contribution < 1.29 is 4.39 Å². The first-order valence-corrected chi connectivity index (χ1v) is 9.30. The van der Waals surface area contributed by atoms with E-state index in [2.05, 4.69) is 21.4 Å². The van der Waals surface area contributed by atoms with Crippen molar-refractivity contribution in [2.45, 2.75) is 13.8 Å². The van der Waals surface area contributed by atoms with Gasteiger partial charge in [-0.1, -0.05) is 29.8 Å². The second-order valence-corrected chi connectivity index (χ2v) is 7.39. The summed E-state index contributed by atoms with van der Waals surface area (Å²) in [6.07, 6.45) is 1.53. The van der Waals surface area contributed by atoms with Crippen LogP contribution in [0, 0.1) is 19.7 Å². The zero-order valence-electron chi connectivity index (χ0n) is 14.2. The maximum absolute atomic E-state index is 13.3. The summed E-state index contributed by atoms with van der Waals surface area (Å²) in [7, 11) is 0. The summed E-state index contributed by atoms with van der Waals surface area (Å²) in [6.45, 7) is 4.02. The molecule has 0 amide bonds. The van der Waals surface area contributed by atoms with Gasteiger partial charge in [-0.05, 0) is 48.7 Å². The lowest BCUT2D eigenvalue weighted by molar-refractivity contribution is 0.628. The van der Waals surface area contributed by atoms with Gasteiger partial charge in [0.15, 0.2) is 0 Å². The quantitative estimate of drug-likeness (QED) is 0.438. The van der Waals surface area contributed by atoms with E-state index in [1.54, 1.807) is 12.1 Å². The standard InChI is InChI=1S/C20H15ClFN3S/c1-11-7-12(2)18(16(21)8-11)25-19-17-15(9-26-20(17)24-10-23-19)13-3-5-14(22)6-4-13/h3-10H,1-2H3,(H,23,24,25). The number of aryl methyl sites for hydroxylation is 2. The van der Waals surface area contributed by atoms with E-state index in [0.717, 1.165) is 38.2 Å². The van der Waals surface area contributed by atoms with Gasteiger partial charge in [-0.25, -0.2) is 14.4 Å². The van der Waals surface area contributed by atoms with Gasteiger partial charge in [0.2, 0.25) is 0 Å². The molecule has 0 spiro atoms. The first kappa shape index (κ1) is 16.9. The first-order valence-electron chi connectivity index (χ1n) is 8.05. The van der Waals surface area contributed by atoms with Crippen LogP contribution in [-0.2, 0) is 0 Å². The molecule has 130 valence electrons. The Morgan fingerprint density at radius 1 is 1.08 bits per heavy atom. The largest absolute Gasteiger partial charge is 0.338 e. The molecular formula is C20H15ClFN3S. The molecule has 2 aromatic carbocycles. The van der Waals surface area contributed by atoms with E-state index in [1.807, 2.05) is 25.3 Å². The number of anilines is 2. The lowest BCUT2D eigenvalue weighted by atomic mass is 10.1. The Kier molecular flexibility index (Phi) is 4.34. The molecule has 0 fully saturated rings.